The van der Waals surface area contributed by atoms with Gasteiger partial charge in [0, 0.05) is 30.7 Å². The second-order valence-corrected chi connectivity index (χ2v) is 7.86. The summed E-state index contributed by atoms with van der Waals surface area (Å²) in [5.74, 6) is 0.944. The number of rotatable bonds is 3. The Balaban J connectivity index is 1.45. The normalized spacial score (nSPS) is 20.4. The van der Waals surface area contributed by atoms with Gasteiger partial charge in [0.15, 0.2) is 11.3 Å². The first-order valence-corrected chi connectivity index (χ1v) is 10.4. The predicted molar refractivity (Wildman–Crippen MR) is 99.2 cm³/mol. The van der Waals surface area contributed by atoms with Gasteiger partial charge in [0.1, 0.15) is 5.82 Å². The molecule has 4 heterocycles. The average molecular weight is 377 g/mol. The van der Waals surface area contributed by atoms with E-state index in [0.29, 0.717) is 19.7 Å². The molecule has 1 saturated heterocycles. The van der Waals surface area contributed by atoms with Crippen LogP contribution < -0.4 is 4.90 Å². The fraction of sp³-hybridized carbons (Fsp3) is 0.471. The molecule has 4 rings (SSSR count). The third-order valence-electron chi connectivity index (χ3n) is 4.59. The van der Waals surface area contributed by atoms with Gasteiger partial charge >= 0.3 is 0 Å². The summed E-state index contributed by atoms with van der Waals surface area (Å²) < 4.78 is 5.79. The molecule has 2 aliphatic heterocycles. The standard InChI is InChI=1S/C17H20N4O2S2/c1-24-17-18-5-2-15(19-17)20-7-8-23-13(11-20)16(22)21-6-3-14-12(10-21)4-9-25-14/h2,4-5,9,13H,3,6-8,10-11H2,1H3. The van der Waals surface area contributed by atoms with Crippen molar-refractivity contribution in [1.29, 1.82) is 0 Å². The molecule has 2 aromatic rings. The fourth-order valence-corrected chi connectivity index (χ4v) is 4.49. The van der Waals surface area contributed by atoms with Crippen molar-refractivity contribution in [3.05, 3.63) is 34.2 Å². The molecule has 1 amide bonds. The molecule has 25 heavy (non-hydrogen) atoms. The molecule has 2 aliphatic rings. The topological polar surface area (TPSA) is 58.6 Å². The molecular formula is C17H20N4O2S2. The monoisotopic (exact) mass is 376 g/mol. The van der Waals surface area contributed by atoms with Gasteiger partial charge in [-0.2, -0.15) is 0 Å². The van der Waals surface area contributed by atoms with E-state index in [1.165, 1.54) is 22.2 Å². The second-order valence-electron chi connectivity index (χ2n) is 6.09. The summed E-state index contributed by atoms with van der Waals surface area (Å²) in [7, 11) is 0. The van der Waals surface area contributed by atoms with Crippen LogP contribution in [0.2, 0.25) is 0 Å². The Morgan fingerprint density at radius 1 is 1.40 bits per heavy atom. The summed E-state index contributed by atoms with van der Waals surface area (Å²) in [5, 5.41) is 2.85. The van der Waals surface area contributed by atoms with Crippen molar-refractivity contribution in [2.75, 3.05) is 37.4 Å². The Labute approximate surface area is 155 Å². The second kappa shape index (κ2) is 7.31. The minimum atomic E-state index is -0.429. The van der Waals surface area contributed by atoms with Gasteiger partial charge in [-0.15, -0.1) is 11.3 Å². The van der Waals surface area contributed by atoms with Gasteiger partial charge in [0.2, 0.25) is 0 Å². The van der Waals surface area contributed by atoms with Crippen LogP contribution in [0.1, 0.15) is 10.4 Å². The molecule has 0 bridgehead atoms. The summed E-state index contributed by atoms with van der Waals surface area (Å²) in [5.41, 5.74) is 1.28. The number of morpholine rings is 1. The van der Waals surface area contributed by atoms with Gasteiger partial charge in [-0.3, -0.25) is 4.79 Å². The minimum Gasteiger partial charge on any atom is -0.365 e. The summed E-state index contributed by atoms with van der Waals surface area (Å²) in [6.07, 6.45) is 4.24. The number of carbonyl (C=O) groups is 1. The Morgan fingerprint density at radius 3 is 3.20 bits per heavy atom. The number of thiophene rings is 1. The van der Waals surface area contributed by atoms with E-state index in [2.05, 4.69) is 26.3 Å². The van der Waals surface area contributed by atoms with Crippen molar-refractivity contribution in [3.8, 4) is 0 Å². The fourth-order valence-electron chi connectivity index (χ4n) is 3.25. The molecule has 0 aliphatic carbocycles. The van der Waals surface area contributed by atoms with Crippen molar-refractivity contribution in [3.63, 3.8) is 0 Å². The van der Waals surface area contributed by atoms with E-state index in [0.717, 1.165) is 30.5 Å². The molecule has 0 saturated carbocycles. The molecule has 1 fully saturated rings. The van der Waals surface area contributed by atoms with Gasteiger partial charge in [0.05, 0.1) is 13.2 Å². The van der Waals surface area contributed by atoms with E-state index in [-0.39, 0.29) is 5.91 Å². The van der Waals surface area contributed by atoms with E-state index in [1.807, 2.05) is 17.2 Å². The van der Waals surface area contributed by atoms with Crippen LogP contribution in [-0.2, 0) is 22.5 Å². The van der Waals surface area contributed by atoms with Crippen molar-refractivity contribution in [1.82, 2.24) is 14.9 Å². The van der Waals surface area contributed by atoms with Crippen LogP contribution in [0.5, 0.6) is 0 Å². The maximum Gasteiger partial charge on any atom is 0.253 e. The third kappa shape index (κ3) is 3.51. The van der Waals surface area contributed by atoms with Crippen LogP contribution in [0.25, 0.3) is 0 Å². The van der Waals surface area contributed by atoms with E-state index < -0.39 is 6.10 Å². The molecule has 132 valence electrons. The molecule has 6 nitrogen and oxygen atoms in total. The Bertz CT molecular complexity index is 767. The van der Waals surface area contributed by atoms with Crippen LogP contribution in [-0.4, -0.2) is 59.4 Å². The predicted octanol–water partition coefficient (Wildman–Crippen LogP) is 2.05. The molecule has 0 N–H and O–H groups in total. The molecule has 1 atom stereocenters. The quantitative estimate of drug-likeness (QED) is 0.604. The lowest BCUT2D eigenvalue weighted by Crippen LogP contribution is -2.52. The first-order valence-electron chi connectivity index (χ1n) is 8.32. The van der Waals surface area contributed by atoms with E-state index in [9.17, 15) is 4.79 Å². The third-order valence-corrected chi connectivity index (χ3v) is 6.17. The molecule has 8 heteroatoms. The van der Waals surface area contributed by atoms with Crippen LogP contribution in [0.15, 0.2) is 28.9 Å². The molecule has 0 radical (unpaired) electrons. The number of ether oxygens (including phenoxy) is 1. The molecule has 0 spiro atoms. The maximum atomic E-state index is 12.9. The van der Waals surface area contributed by atoms with Gasteiger partial charge in [-0.05, 0) is 35.8 Å². The molecule has 1 unspecified atom stereocenters. The molecule has 0 aromatic carbocycles. The van der Waals surface area contributed by atoms with Gasteiger partial charge < -0.3 is 14.5 Å². The number of anilines is 1. The van der Waals surface area contributed by atoms with Crippen LogP contribution >= 0.6 is 23.1 Å². The smallest absolute Gasteiger partial charge is 0.253 e. The van der Waals surface area contributed by atoms with E-state index in [4.69, 9.17) is 4.74 Å². The van der Waals surface area contributed by atoms with Gasteiger partial charge in [0.25, 0.3) is 5.91 Å². The zero-order valence-corrected chi connectivity index (χ0v) is 15.7. The highest BCUT2D eigenvalue weighted by Gasteiger charge is 2.32. The number of carbonyl (C=O) groups excluding carboxylic acids is 1. The average Bonchev–Trinajstić information content (AvgIpc) is 3.15. The van der Waals surface area contributed by atoms with Gasteiger partial charge in [-0.1, -0.05) is 11.8 Å². The molecule has 2 aromatic heterocycles. The summed E-state index contributed by atoms with van der Waals surface area (Å²) in [4.78, 5) is 27.1. The Hall–Kier alpha value is -1.64. The molecular weight excluding hydrogens is 356 g/mol. The lowest BCUT2D eigenvalue weighted by molar-refractivity contribution is -0.145. The summed E-state index contributed by atoms with van der Waals surface area (Å²) in [6.45, 7) is 3.28. The largest absolute Gasteiger partial charge is 0.365 e. The number of fused-ring (bicyclic) bond motifs is 1. The number of hydrogen-bond donors (Lipinski definition) is 0. The van der Waals surface area contributed by atoms with Crippen LogP contribution in [0.4, 0.5) is 5.82 Å². The number of aromatic nitrogens is 2. The highest BCUT2D eigenvalue weighted by Crippen LogP contribution is 2.25. The first-order chi connectivity index (χ1) is 12.2. The van der Waals surface area contributed by atoms with Crippen molar-refractivity contribution in [2.45, 2.75) is 24.2 Å². The number of nitrogens with zero attached hydrogens (tertiary/aromatic N) is 4. The van der Waals surface area contributed by atoms with Crippen molar-refractivity contribution in [2.24, 2.45) is 0 Å². The summed E-state index contributed by atoms with van der Waals surface area (Å²) >= 11 is 3.30. The Morgan fingerprint density at radius 2 is 2.32 bits per heavy atom. The highest BCUT2D eigenvalue weighted by molar-refractivity contribution is 7.98. The Kier molecular flexibility index (Phi) is 4.91. The van der Waals surface area contributed by atoms with E-state index in [1.54, 1.807) is 17.5 Å². The summed E-state index contributed by atoms with van der Waals surface area (Å²) in [6, 6.07) is 4.02. The van der Waals surface area contributed by atoms with Crippen molar-refractivity contribution >= 4 is 34.8 Å². The lowest BCUT2D eigenvalue weighted by atomic mass is 10.1. The maximum absolute atomic E-state index is 12.9. The lowest BCUT2D eigenvalue weighted by Gasteiger charge is -2.36. The number of amides is 1. The zero-order valence-electron chi connectivity index (χ0n) is 14.1. The minimum absolute atomic E-state index is 0.0840. The van der Waals surface area contributed by atoms with Crippen LogP contribution in [0, 0.1) is 0 Å². The van der Waals surface area contributed by atoms with Crippen LogP contribution in [0.3, 0.4) is 0 Å². The first kappa shape index (κ1) is 16.8. The van der Waals surface area contributed by atoms with E-state index >= 15 is 0 Å². The SMILES string of the molecule is CSc1nccc(N2CCOC(C(=O)N3CCc4sccc4C3)C2)n1. The highest BCUT2D eigenvalue weighted by atomic mass is 32.2. The zero-order chi connectivity index (χ0) is 17.2. The van der Waals surface area contributed by atoms with Crippen molar-refractivity contribution < 1.29 is 9.53 Å². The van der Waals surface area contributed by atoms with Gasteiger partial charge in [-0.25, -0.2) is 9.97 Å². The number of hydrogen-bond acceptors (Lipinski definition) is 7. The number of thioether (sulfide) groups is 1.